The minimum absolute atomic E-state index is 0.135. The molecular weight excluding hydrogens is 506 g/mol. The molecule has 3 aromatic carbocycles. The highest BCUT2D eigenvalue weighted by Crippen LogP contribution is 2.26. The molecule has 4 aromatic rings. The van der Waals surface area contributed by atoms with Crippen molar-refractivity contribution >= 4 is 39.3 Å². The fourth-order valence-electron chi connectivity index (χ4n) is 3.23. The SMILES string of the molecule is Cc1cccc(-n2nc(C(=O)OCC(=O)c3ccc(Br)cc3)nc2-c2ccc(Cl)cc2)c1C. The van der Waals surface area contributed by atoms with Crippen molar-refractivity contribution < 1.29 is 14.3 Å². The van der Waals surface area contributed by atoms with Crippen molar-refractivity contribution in [3.05, 3.63) is 98.7 Å². The summed E-state index contributed by atoms with van der Waals surface area (Å²) in [6.45, 7) is 3.57. The molecule has 0 amide bonds. The van der Waals surface area contributed by atoms with Crippen molar-refractivity contribution in [2.75, 3.05) is 6.61 Å². The topological polar surface area (TPSA) is 74.1 Å². The number of esters is 1. The third-order valence-electron chi connectivity index (χ3n) is 5.20. The zero-order chi connectivity index (χ0) is 23.5. The first-order valence-electron chi connectivity index (χ1n) is 10.1. The summed E-state index contributed by atoms with van der Waals surface area (Å²) in [6, 6.07) is 19.7. The Hall–Kier alpha value is -3.29. The third-order valence-corrected chi connectivity index (χ3v) is 5.98. The molecule has 1 aromatic heterocycles. The maximum Gasteiger partial charge on any atom is 0.378 e. The van der Waals surface area contributed by atoms with Crippen LogP contribution < -0.4 is 0 Å². The zero-order valence-electron chi connectivity index (χ0n) is 17.9. The number of hydrogen-bond acceptors (Lipinski definition) is 5. The van der Waals surface area contributed by atoms with Gasteiger partial charge in [-0.1, -0.05) is 51.8 Å². The van der Waals surface area contributed by atoms with Crippen LogP contribution in [0.2, 0.25) is 5.02 Å². The lowest BCUT2D eigenvalue weighted by atomic mass is 10.1. The van der Waals surface area contributed by atoms with Gasteiger partial charge in [0.25, 0.3) is 5.82 Å². The number of aromatic nitrogens is 3. The Kier molecular flexibility index (Phi) is 6.72. The lowest BCUT2D eigenvalue weighted by molar-refractivity contribution is 0.0462. The first-order chi connectivity index (χ1) is 15.8. The summed E-state index contributed by atoms with van der Waals surface area (Å²) in [5.41, 5.74) is 4.05. The van der Waals surface area contributed by atoms with Crippen molar-refractivity contribution in [2.45, 2.75) is 13.8 Å². The molecule has 0 saturated carbocycles. The summed E-state index contributed by atoms with van der Waals surface area (Å²) in [6.07, 6.45) is 0. The second-order valence-corrected chi connectivity index (χ2v) is 8.76. The van der Waals surface area contributed by atoms with E-state index >= 15 is 0 Å². The molecule has 6 nitrogen and oxygen atoms in total. The fraction of sp³-hybridized carbons (Fsp3) is 0.120. The Labute approximate surface area is 204 Å². The number of rotatable bonds is 6. The largest absolute Gasteiger partial charge is 0.451 e. The van der Waals surface area contributed by atoms with E-state index in [2.05, 4.69) is 26.0 Å². The molecule has 0 aliphatic heterocycles. The Morgan fingerprint density at radius 1 is 1.00 bits per heavy atom. The van der Waals surface area contributed by atoms with Crippen molar-refractivity contribution in [3.63, 3.8) is 0 Å². The number of hydrogen-bond donors (Lipinski definition) is 0. The van der Waals surface area contributed by atoms with Crippen LogP contribution in [0.3, 0.4) is 0 Å². The van der Waals surface area contributed by atoms with Gasteiger partial charge in [0, 0.05) is 20.6 Å². The van der Waals surface area contributed by atoms with Gasteiger partial charge in [-0.05, 0) is 67.4 Å². The van der Waals surface area contributed by atoms with Crippen LogP contribution in [0, 0.1) is 13.8 Å². The second kappa shape index (κ2) is 9.68. The number of benzene rings is 3. The molecule has 0 N–H and O–H groups in total. The summed E-state index contributed by atoms with van der Waals surface area (Å²) in [5, 5.41) is 5.01. The van der Waals surface area contributed by atoms with Crippen LogP contribution in [-0.2, 0) is 4.74 Å². The van der Waals surface area contributed by atoms with E-state index in [4.69, 9.17) is 16.3 Å². The first kappa shape index (κ1) is 22.9. The maximum absolute atomic E-state index is 12.7. The summed E-state index contributed by atoms with van der Waals surface area (Å²) < 4.78 is 7.69. The quantitative estimate of drug-likeness (QED) is 0.228. The molecule has 0 aliphatic rings. The predicted octanol–water partition coefficient (Wildman–Crippen LogP) is 6.01. The highest BCUT2D eigenvalue weighted by molar-refractivity contribution is 9.10. The predicted molar refractivity (Wildman–Crippen MR) is 130 cm³/mol. The van der Waals surface area contributed by atoms with Gasteiger partial charge in [-0.15, -0.1) is 5.10 Å². The maximum atomic E-state index is 12.7. The van der Waals surface area contributed by atoms with E-state index in [9.17, 15) is 9.59 Å². The van der Waals surface area contributed by atoms with Crippen LogP contribution in [0.1, 0.15) is 32.1 Å². The fourth-order valence-corrected chi connectivity index (χ4v) is 3.62. The third kappa shape index (κ3) is 5.05. The van der Waals surface area contributed by atoms with Crippen LogP contribution in [-0.4, -0.2) is 33.1 Å². The smallest absolute Gasteiger partial charge is 0.378 e. The average molecular weight is 525 g/mol. The molecule has 0 spiro atoms. The number of halogens is 2. The van der Waals surface area contributed by atoms with Crippen molar-refractivity contribution in [3.8, 4) is 17.1 Å². The molecule has 0 atom stereocenters. The lowest BCUT2D eigenvalue weighted by Crippen LogP contribution is -2.15. The van der Waals surface area contributed by atoms with Crippen LogP contribution >= 0.6 is 27.5 Å². The van der Waals surface area contributed by atoms with Gasteiger partial charge in [0.2, 0.25) is 0 Å². The molecule has 8 heteroatoms. The van der Waals surface area contributed by atoms with Gasteiger partial charge in [-0.2, -0.15) is 0 Å². The molecular formula is C25H19BrClN3O3. The van der Waals surface area contributed by atoms with Crippen LogP contribution in [0.15, 0.2) is 71.2 Å². The van der Waals surface area contributed by atoms with E-state index < -0.39 is 12.6 Å². The van der Waals surface area contributed by atoms with E-state index in [0.29, 0.717) is 16.4 Å². The molecule has 0 aliphatic carbocycles. The highest BCUT2D eigenvalue weighted by Gasteiger charge is 2.22. The summed E-state index contributed by atoms with van der Waals surface area (Å²) in [5.74, 6) is -0.765. The molecule has 4 rings (SSSR count). The van der Waals surface area contributed by atoms with Gasteiger partial charge in [0.05, 0.1) is 5.69 Å². The minimum atomic E-state index is -0.778. The number of nitrogens with zero attached hydrogens (tertiary/aromatic N) is 3. The normalized spacial score (nSPS) is 10.8. The highest BCUT2D eigenvalue weighted by atomic mass is 79.9. The molecule has 33 heavy (non-hydrogen) atoms. The zero-order valence-corrected chi connectivity index (χ0v) is 20.2. The van der Waals surface area contributed by atoms with Gasteiger partial charge in [0.1, 0.15) is 0 Å². The Bertz CT molecular complexity index is 1330. The van der Waals surface area contributed by atoms with E-state index in [1.54, 1.807) is 53.2 Å². The molecule has 0 bridgehead atoms. The minimum Gasteiger partial charge on any atom is -0.451 e. The Morgan fingerprint density at radius 2 is 1.70 bits per heavy atom. The van der Waals surface area contributed by atoms with Gasteiger partial charge in [0.15, 0.2) is 18.2 Å². The summed E-state index contributed by atoms with van der Waals surface area (Å²) in [7, 11) is 0. The number of Topliss-reactive ketones (excluding diaryl/α,β-unsaturated/α-hetero) is 1. The van der Waals surface area contributed by atoms with Crippen LogP contribution in [0.25, 0.3) is 17.1 Å². The number of carbonyl (C=O) groups excluding carboxylic acids is 2. The van der Waals surface area contributed by atoms with Gasteiger partial charge < -0.3 is 4.74 Å². The van der Waals surface area contributed by atoms with E-state index in [0.717, 1.165) is 26.9 Å². The van der Waals surface area contributed by atoms with Crippen molar-refractivity contribution in [1.82, 2.24) is 14.8 Å². The first-order valence-corrected chi connectivity index (χ1v) is 11.3. The Morgan fingerprint density at radius 3 is 2.39 bits per heavy atom. The molecule has 0 saturated heterocycles. The Balaban J connectivity index is 1.65. The number of ketones is 1. The van der Waals surface area contributed by atoms with Gasteiger partial charge in [-0.25, -0.2) is 14.5 Å². The van der Waals surface area contributed by atoms with Crippen LogP contribution in [0.4, 0.5) is 0 Å². The van der Waals surface area contributed by atoms with Gasteiger partial charge in [-0.3, -0.25) is 4.79 Å². The van der Waals surface area contributed by atoms with Crippen LogP contribution in [0.5, 0.6) is 0 Å². The molecule has 166 valence electrons. The van der Waals surface area contributed by atoms with E-state index in [1.165, 1.54) is 0 Å². The van der Waals surface area contributed by atoms with Gasteiger partial charge >= 0.3 is 5.97 Å². The number of aryl methyl sites for hydroxylation is 1. The monoisotopic (exact) mass is 523 g/mol. The molecule has 0 unspecified atom stereocenters. The number of ether oxygens (including phenoxy) is 1. The van der Waals surface area contributed by atoms with E-state index in [-0.39, 0.29) is 11.6 Å². The lowest BCUT2D eigenvalue weighted by Gasteiger charge is -2.11. The standard InChI is InChI=1S/C25H19BrClN3O3/c1-15-4-3-5-21(16(15)2)30-24(18-8-12-20(27)13-9-18)28-23(29-30)25(32)33-14-22(31)17-6-10-19(26)11-7-17/h3-13H,14H2,1-2H3. The second-order valence-electron chi connectivity index (χ2n) is 7.40. The summed E-state index contributed by atoms with van der Waals surface area (Å²) in [4.78, 5) is 29.5. The summed E-state index contributed by atoms with van der Waals surface area (Å²) >= 11 is 9.36. The molecule has 1 heterocycles. The molecule has 0 fully saturated rings. The average Bonchev–Trinajstić information content (AvgIpc) is 3.25. The van der Waals surface area contributed by atoms with E-state index in [1.807, 2.05) is 32.0 Å². The van der Waals surface area contributed by atoms with Crippen molar-refractivity contribution in [2.24, 2.45) is 0 Å². The molecule has 0 radical (unpaired) electrons. The van der Waals surface area contributed by atoms with Crippen molar-refractivity contribution in [1.29, 1.82) is 0 Å². The number of carbonyl (C=O) groups is 2.